The predicted molar refractivity (Wildman–Crippen MR) is 58.1 cm³/mol. The lowest BCUT2D eigenvalue weighted by atomic mass is 10.1. The van der Waals surface area contributed by atoms with Crippen LogP contribution >= 0.6 is 28.6 Å². The highest BCUT2D eigenvalue weighted by atomic mass is 79.9. The van der Waals surface area contributed by atoms with Gasteiger partial charge >= 0.3 is 0 Å². The average Bonchev–Trinajstić information content (AvgIpc) is 2.04. The number of ether oxygens (including phenoxy) is 1. The first-order valence-corrected chi connectivity index (χ1v) is 4.97. The maximum atomic E-state index is 5.11. The average molecular weight is 247 g/mol. The lowest BCUT2D eigenvalue weighted by Crippen LogP contribution is -1.88. The van der Waals surface area contributed by atoms with Gasteiger partial charge in [-0.3, -0.25) is 0 Å². The van der Waals surface area contributed by atoms with Crippen LogP contribution in [0.25, 0.3) is 0 Å². The maximum absolute atomic E-state index is 5.11. The third-order valence-electron chi connectivity index (χ3n) is 1.66. The Kier molecular flexibility index (Phi) is 3.47. The molecule has 0 spiro atoms. The van der Waals surface area contributed by atoms with Crippen molar-refractivity contribution in [3.8, 4) is 5.75 Å². The highest BCUT2D eigenvalue weighted by Crippen LogP contribution is 2.29. The molecule has 0 amide bonds. The Morgan fingerprint density at radius 3 is 2.58 bits per heavy atom. The van der Waals surface area contributed by atoms with Gasteiger partial charge in [0.2, 0.25) is 0 Å². The van der Waals surface area contributed by atoms with Crippen LogP contribution in [0.4, 0.5) is 0 Å². The van der Waals surface area contributed by atoms with E-state index in [9.17, 15) is 0 Å². The van der Waals surface area contributed by atoms with Crippen molar-refractivity contribution in [3.05, 3.63) is 28.2 Å². The van der Waals surface area contributed by atoms with Gasteiger partial charge in [0.05, 0.1) is 11.6 Å². The molecular weight excluding hydrogens is 236 g/mol. The monoisotopic (exact) mass is 246 g/mol. The van der Waals surface area contributed by atoms with E-state index >= 15 is 0 Å². The van der Waals surface area contributed by atoms with Crippen LogP contribution in [-0.4, -0.2) is 7.11 Å². The first kappa shape index (κ1) is 9.93. The summed E-state index contributed by atoms with van der Waals surface area (Å²) in [6.07, 6.45) is 0. The van der Waals surface area contributed by atoms with Crippen LogP contribution in [0.1, 0.15) is 17.7 Å². The van der Waals surface area contributed by atoms with Crippen molar-refractivity contribution >= 4 is 28.6 Å². The highest BCUT2D eigenvalue weighted by molar-refractivity contribution is 9.10. The lowest BCUT2D eigenvalue weighted by Gasteiger charge is -2.07. The summed E-state index contributed by atoms with van der Waals surface area (Å²) in [5.74, 6) is 0.854. The van der Waals surface area contributed by atoms with Gasteiger partial charge in [0, 0.05) is 5.25 Å². The summed E-state index contributed by atoms with van der Waals surface area (Å²) in [5.41, 5.74) is 1.19. The molecule has 1 nitrogen and oxygen atoms in total. The van der Waals surface area contributed by atoms with E-state index in [1.807, 2.05) is 25.1 Å². The molecule has 0 heterocycles. The van der Waals surface area contributed by atoms with E-state index in [0.717, 1.165) is 10.2 Å². The standard InChI is InChI=1S/C9H11BrOS/c1-6(12)7-3-4-9(11-2)8(10)5-7/h3-6,12H,1-2H3. The highest BCUT2D eigenvalue weighted by Gasteiger charge is 2.03. The summed E-state index contributed by atoms with van der Waals surface area (Å²) in [5, 5.41) is 0.257. The predicted octanol–water partition coefficient (Wildman–Crippen LogP) is 3.45. The van der Waals surface area contributed by atoms with Crippen LogP contribution in [0.3, 0.4) is 0 Å². The first-order chi connectivity index (χ1) is 5.65. The Labute approximate surface area is 86.7 Å². The summed E-state index contributed by atoms with van der Waals surface area (Å²) in [6, 6.07) is 5.98. The van der Waals surface area contributed by atoms with Crippen LogP contribution in [-0.2, 0) is 0 Å². The molecule has 1 aromatic rings. The van der Waals surface area contributed by atoms with Crippen LogP contribution in [0, 0.1) is 0 Å². The molecule has 0 aliphatic carbocycles. The van der Waals surface area contributed by atoms with Gasteiger partial charge in [-0.2, -0.15) is 12.6 Å². The molecule has 0 bridgehead atoms. The largest absolute Gasteiger partial charge is 0.496 e. The summed E-state index contributed by atoms with van der Waals surface area (Å²) in [7, 11) is 1.66. The Bertz CT molecular complexity index is 273. The summed E-state index contributed by atoms with van der Waals surface area (Å²) < 4.78 is 6.08. The quantitative estimate of drug-likeness (QED) is 0.787. The smallest absolute Gasteiger partial charge is 0.133 e. The summed E-state index contributed by atoms with van der Waals surface area (Å²) >= 11 is 7.75. The van der Waals surface area contributed by atoms with Gasteiger partial charge in [-0.25, -0.2) is 0 Å². The van der Waals surface area contributed by atoms with Crippen LogP contribution < -0.4 is 4.74 Å². The lowest BCUT2D eigenvalue weighted by molar-refractivity contribution is 0.412. The normalized spacial score (nSPS) is 12.7. The third kappa shape index (κ3) is 2.17. The molecule has 0 fully saturated rings. The van der Waals surface area contributed by atoms with Gasteiger partial charge in [-0.15, -0.1) is 0 Å². The summed E-state index contributed by atoms with van der Waals surface area (Å²) in [4.78, 5) is 0. The van der Waals surface area contributed by atoms with Crippen molar-refractivity contribution < 1.29 is 4.74 Å². The molecule has 12 heavy (non-hydrogen) atoms. The Hall–Kier alpha value is -0.150. The fraction of sp³-hybridized carbons (Fsp3) is 0.333. The van der Waals surface area contributed by atoms with Crippen molar-refractivity contribution in [2.24, 2.45) is 0 Å². The zero-order valence-corrected chi connectivity index (χ0v) is 9.52. The van der Waals surface area contributed by atoms with Crippen LogP contribution in [0.5, 0.6) is 5.75 Å². The minimum Gasteiger partial charge on any atom is -0.496 e. The molecule has 1 atom stereocenters. The number of halogens is 1. The van der Waals surface area contributed by atoms with E-state index in [1.165, 1.54) is 5.56 Å². The fourth-order valence-electron chi connectivity index (χ4n) is 0.942. The Balaban J connectivity index is 3.02. The van der Waals surface area contributed by atoms with Crippen LogP contribution in [0.2, 0.25) is 0 Å². The van der Waals surface area contributed by atoms with E-state index in [1.54, 1.807) is 7.11 Å². The maximum Gasteiger partial charge on any atom is 0.133 e. The van der Waals surface area contributed by atoms with Crippen molar-refractivity contribution in [1.82, 2.24) is 0 Å². The van der Waals surface area contributed by atoms with Crippen molar-refractivity contribution in [1.29, 1.82) is 0 Å². The second-order valence-electron chi connectivity index (χ2n) is 2.57. The van der Waals surface area contributed by atoms with E-state index in [4.69, 9.17) is 4.74 Å². The Morgan fingerprint density at radius 2 is 2.17 bits per heavy atom. The molecule has 0 saturated carbocycles. The molecule has 1 rings (SSSR count). The van der Waals surface area contributed by atoms with E-state index in [-0.39, 0.29) is 5.25 Å². The second-order valence-corrected chi connectivity index (χ2v) is 4.20. The first-order valence-electron chi connectivity index (χ1n) is 3.66. The zero-order valence-electron chi connectivity index (χ0n) is 7.04. The number of hydrogen-bond acceptors (Lipinski definition) is 2. The molecule has 1 aromatic carbocycles. The number of methoxy groups -OCH3 is 1. The molecule has 0 saturated heterocycles. The molecule has 3 heteroatoms. The van der Waals surface area contributed by atoms with Crippen molar-refractivity contribution in [2.45, 2.75) is 12.2 Å². The van der Waals surface area contributed by atoms with Gasteiger partial charge in [0.15, 0.2) is 0 Å². The number of thiol groups is 1. The minimum atomic E-state index is 0.257. The summed E-state index contributed by atoms with van der Waals surface area (Å²) in [6.45, 7) is 2.04. The molecule has 0 aliphatic rings. The van der Waals surface area contributed by atoms with Gasteiger partial charge in [-0.05, 0) is 40.5 Å². The number of rotatable bonds is 2. The van der Waals surface area contributed by atoms with E-state index < -0.39 is 0 Å². The zero-order chi connectivity index (χ0) is 9.14. The van der Waals surface area contributed by atoms with E-state index in [0.29, 0.717) is 0 Å². The van der Waals surface area contributed by atoms with E-state index in [2.05, 4.69) is 28.6 Å². The van der Waals surface area contributed by atoms with Crippen molar-refractivity contribution in [3.63, 3.8) is 0 Å². The topological polar surface area (TPSA) is 9.23 Å². The molecule has 0 radical (unpaired) electrons. The second kappa shape index (κ2) is 4.19. The van der Waals surface area contributed by atoms with Gasteiger partial charge < -0.3 is 4.74 Å². The van der Waals surface area contributed by atoms with Crippen LogP contribution in [0.15, 0.2) is 22.7 Å². The number of hydrogen-bond donors (Lipinski definition) is 1. The molecule has 0 aliphatic heterocycles. The molecular formula is C9H11BrOS. The van der Waals surface area contributed by atoms with Gasteiger partial charge in [0.25, 0.3) is 0 Å². The molecule has 1 unspecified atom stereocenters. The third-order valence-corrected chi connectivity index (χ3v) is 2.58. The minimum absolute atomic E-state index is 0.257. The fourth-order valence-corrected chi connectivity index (χ4v) is 1.66. The molecule has 66 valence electrons. The molecule has 0 aromatic heterocycles. The van der Waals surface area contributed by atoms with Gasteiger partial charge in [0.1, 0.15) is 5.75 Å². The van der Waals surface area contributed by atoms with Crippen molar-refractivity contribution in [2.75, 3.05) is 7.11 Å². The molecule has 0 N–H and O–H groups in total. The SMILES string of the molecule is COc1ccc(C(C)S)cc1Br. The Morgan fingerprint density at radius 1 is 1.50 bits per heavy atom. The number of benzene rings is 1. The van der Waals surface area contributed by atoms with Gasteiger partial charge in [-0.1, -0.05) is 6.07 Å².